The minimum absolute atomic E-state index is 0. The Kier molecular flexibility index (Phi) is 6.30. The Balaban J connectivity index is 0.00000220. The van der Waals surface area contributed by atoms with Crippen LogP contribution >= 0.6 is 11.6 Å². The molecular formula is C18H24ClNO. The van der Waals surface area contributed by atoms with Crippen molar-refractivity contribution in [2.45, 2.75) is 46.6 Å². The third-order valence-electron chi connectivity index (χ3n) is 4.17. The van der Waals surface area contributed by atoms with Gasteiger partial charge in [0.1, 0.15) is 17.9 Å². The monoisotopic (exact) mass is 305 g/mol. The summed E-state index contributed by atoms with van der Waals surface area (Å²) < 4.78 is 6.09. The normalized spacial score (nSPS) is 24.6. The van der Waals surface area contributed by atoms with E-state index in [9.17, 15) is 0 Å². The number of ether oxygens (including phenoxy) is 1. The first-order valence-electron chi connectivity index (χ1n) is 7.03. The first kappa shape index (κ1) is 17.6. The fourth-order valence-corrected chi connectivity index (χ4v) is 2.94. The molecule has 114 valence electrons. The minimum atomic E-state index is 0. The standard InChI is InChI=1S/C17H20ClNO.CH4/c1-11(2)13-5-4-12(3)17(8-13)20-15-7-6-14(10-19)16(18)9-15;/h6-7,9,12-13,17H,1,4-5,8H2,2-3H3;1H4/t12-,13-,17-;/m0./s1. The Morgan fingerprint density at radius 1 is 1.43 bits per heavy atom. The maximum atomic E-state index is 8.88. The molecule has 1 fully saturated rings. The highest BCUT2D eigenvalue weighted by Gasteiger charge is 2.29. The third kappa shape index (κ3) is 4.25. The lowest BCUT2D eigenvalue weighted by atomic mass is 9.78. The Hall–Kier alpha value is -1.46. The molecule has 3 heteroatoms. The fraction of sp³-hybridized carbons (Fsp3) is 0.500. The van der Waals surface area contributed by atoms with Crippen LogP contribution in [0.3, 0.4) is 0 Å². The van der Waals surface area contributed by atoms with Gasteiger partial charge in [-0.2, -0.15) is 5.26 Å². The molecule has 0 radical (unpaired) electrons. The Morgan fingerprint density at radius 2 is 2.14 bits per heavy atom. The number of allylic oxidation sites excluding steroid dienone is 1. The van der Waals surface area contributed by atoms with Crippen LogP contribution in [0.25, 0.3) is 0 Å². The molecule has 0 saturated heterocycles. The van der Waals surface area contributed by atoms with Crippen molar-refractivity contribution in [1.82, 2.24) is 0 Å². The van der Waals surface area contributed by atoms with Gasteiger partial charge in [-0.25, -0.2) is 0 Å². The Labute approximate surface area is 133 Å². The maximum absolute atomic E-state index is 8.88. The zero-order valence-electron chi connectivity index (χ0n) is 12.0. The zero-order valence-corrected chi connectivity index (χ0v) is 12.8. The molecule has 2 rings (SSSR count). The predicted octanol–water partition coefficient (Wildman–Crippen LogP) is 5.61. The van der Waals surface area contributed by atoms with Crippen LogP contribution in [0.5, 0.6) is 5.75 Å². The van der Waals surface area contributed by atoms with Crippen molar-refractivity contribution in [3.05, 3.63) is 40.9 Å². The summed E-state index contributed by atoms with van der Waals surface area (Å²) in [6.45, 7) is 8.39. The molecule has 0 amide bonds. The highest BCUT2D eigenvalue weighted by atomic mass is 35.5. The maximum Gasteiger partial charge on any atom is 0.121 e. The van der Waals surface area contributed by atoms with Gasteiger partial charge in [-0.3, -0.25) is 0 Å². The first-order chi connectivity index (χ1) is 9.51. The van der Waals surface area contributed by atoms with Gasteiger partial charge in [0.15, 0.2) is 0 Å². The summed E-state index contributed by atoms with van der Waals surface area (Å²) >= 11 is 6.05. The van der Waals surface area contributed by atoms with Crippen molar-refractivity contribution in [1.29, 1.82) is 5.26 Å². The Bertz CT molecular complexity index is 547. The average molecular weight is 306 g/mol. The van der Waals surface area contributed by atoms with Gasteiger partial charge in [-0.05, 0) is 50.2 Å². The number of hydrogen-bond acceptors (Lipinski definition) is 2. The molecule has 1 aromatic rings. The van der Waals surface area contributed by atoms with Crippen LogP contribution in [-0.4, -0.2) is 6.10 Å². The van der Waals surface area contributed by atoms with E-state index in [0.717, 1.165) is 18.6 Å². The summed E-state index contributed by atoms with van der Waals surface area (Å²) in [5.41, 5.74) is 1.72. The second kappa shape index (κ2) is 7.52. The van der Waals surface area contributed by atoms with Crippen LogP contribution in [0.15, 0.2) is 30.4 Å². The van der Waals surface area contributed by atoms with E-state index in [1.165, 1.54) is 12.0 Å². The topological polar surface area (TPSA) is 33.0 Å². The summed E-state index contributed by atoms with van der Waals surface area (Å²) in [6.07, 6.45) is 3.56. The largest absolute Gasteiger partial charge is 0.490 e. The molecule has 1 aliphatic rings. The lowest BCUT2D eigenvalue weighted by molar-refractivity contribution is 0.0832. The van der Waals surface area contributed by atoms with E-state index >= 15 is 0 Å². The number of rotatable bonds is 3. The summed E-state index contributed by atoms with van der Waals surface area (Å²) in [4.78, 5) is 0. The lowest BCUT2D eigenvalue weighted by Crippen LogP contribution is -2.32. The molecule has 0 spiro atoms. The summed E-state index contributed by atoms with van der Waals surface area (Å²) in [5.74, 6) is 1.82. The third-order valence-corrected chi connectivity index (χ3v) is 4.48. The van der Waals surface area contributed by atoms with Crippen LogP contribution in [0.1, 0.15) is 46.1 Å². The van der Waals surface area contributed by atoms with Crippen LogP contribution in [-0.2, 0) is 0 Å². The van der Waals surface area contributed by atoms with E-state index in [0.29, 0.717) is 22.4 Å². The molecule has 0 aromatic heterocycles. The molecule has 0 unspecified atom stereocenters. The molecule has 2 nitrogen and oxygen atoms in total. The van der Waals surface area contributed by atoms with E-state index in [2.05, 4.69) is 26.5 Å². The predicted molar refractivity (Wildman–Crippen MR) is 88.6 cm³/mol. The van der Waals surface area contributed by atoms with Crippen molar-refractivity contribution in [3.8, 4) is 11.8 Å². The van der Waals surface area contributed by atoms with Gasteiger partial charge in [0.05, 0.1) is 10.6 Å². The fourth-order valence-electron chi connectivity index (χ4n) is 2.73. The van der Waals surface area contributed by atoms with Gasteiger partial charge in [0.2, 0.25) is 0 Å². The molecule has 0 heterocycles. The van der Waals surface area contributed by atoms with Crippen LogP contribution in [0.2, 0.25) is 5.02 Å². The molecule has 1 aromatic carbocycles. The quantitative estimate of drug-likeness (QED) is 0.680. The minimum Gasteiger partial charge on any atom is -0.490 e. The summed E-state index contributed by atoms with van der Waals surface area (Å²) in [6, 6.07) is 7.32. The molecule has 0 N–H and O–H groups in total. The highest BCUT2D eigenvalue weighted by Crippen LogP contribution is 2.35. The second-order valence-electron chi connectivity index (χ2n) is 5.74. The average Bonchev–Trinajstić information content (AvgIpc) is 2.41. The molecule has 1 saturated carbocycles. The number of benzene rings is 1. The molecule has 1 aliphatic carbocycles. The molecule has 0 bridgehead atoms. The zero-order chi connectivity index (χ0) is 14.7. The van der Waals surface area contributed by atoms with Gasteiger partial charge >= 0.3 is 0 Å². The second-order valence-corrected chi connectivity index (χ2v) is 6.15. The van der Waals surface area contributed by atoms with Crippen molar-refractivity contribution in [2.75, 3.05) is 0 Å². The van der Waals surface area contributed by atoms with Gasteiger partial charge < -0.3 is 4.74 Å². The van der Waals surface area contributed by atoms with Crippen LogP contribution in [0, 0.1) is 23.2 Å². The van der Waals surface area contributed by atoms with Crippen molar-refractivity contribution in [3.63, 3.8) is 0 Å². The number of halogens is 1. The SMILES string of the molecule is C.C=C(C)[C@H]1CC[C@H](C)[C@@H](Oc2ccc(C#N)c(Cl)c2)C1. The van der Waals surface area contributed by atoms with Gasteiger partial charge in [0.25, 0.3) is 0 Å². The van der Waals surface area contributed by atoms with Crippen molar-refractivity contribution >= 4 is 11.6 Å². The smallest absolute Gasteiger partial charge is 0.121 e. The molecule has 0 aliphatic heterocycles. The summed E-state index contributed by atoms with van der Waals surface area (Å²) in [5, 5.41) is 9.33. The number of nitriles is 1. The Morgan fingerprint density at radius 3 is 2.71 bits per heavy atom. The van der Waals surface area contributed by atoms with Crippen LogP contribution in [0.4, 0.5) is 0 Å². The molecular weight excluding hydrogens is 282 g/mol. The molecule has 3 atom stereocenters. The van der Waals surface area contributed by atoms with Crippen LogP contribution < -0.4 is 4.74 Å². The van der Waals surface area contributed by atoms with E-state index < -0.39 is 0 Å². The van der Waals surface area contributed by atoms with Gasteiger partial charge in [0, 0.05) is 6.07 Å². The van der Waals surface area contributed by atoms with Gasteiger partial charge in [-0.1, -0.05) is 38.1 Å². The lowest BCUT2D eigenvalue weighted by Gasteiger charge is -2.34. The van der Waals surface area contributed by atoms with E-state index in [1.54, 1.807) is 12.1 Å². The van der Waals surface area contributed by atoms with Crippen molar-refractivity contribution in [2.24, 2.45) is 11.8 Å². The summed E-state index contributed by atoms with van der Waals surface area (Å²) in [7, 11) is 0. The number of hydrogen-bond donors (Lipinski definition) is 0. The highest BCUT2D eigenvalue weighted by molar-refractivity contribution is 6.31. The van der Waals surface area contributed by atoms with Gasteiger partial charge in [-0.15, -0.1) is 0 Å². The molecule has 21 heavy (non-hydrogen) atoms. The van der Waals surface area contributed by atoms with E-state index in [4.69, 9.17) is 21.6 Å². The first-order valence-corrected chi connectivity index (χ1v) is 7.40. The van der Waals surface area contributed by atoms with E-state index in [-0.39, 0.29) is 13.5 Å². The number of nitrogens with zero attached hydrogens (tertiary/aromatic N) is 1. The van der Waals surface area contributed by atoms with Crippen molar-refractivity contribution < 1.29 is 4.74 Å². The van der Waals surface area contributed by atoms with E-state index in [1.807, 2.05) is 6.07 Å².